The van der Waals surface area contributed by atoms with Gasteiger partial charge in [0.2, 0.25) is 0 Å². The predicted molar refractivity (Wildman–Crippen MR) is 80.7 cm³/mol. The van der Waals surface area contributed by atoms with Crippen LogP contribution in [0.3, 0.4) is 0 Å². The van der Waals surface area contributed by atoms with E-state index in [9.17, 15) is 4.79 Å². The van der Waals surface area contributed by atoms with Crippen molar-refractivity contribution in [1.82, 2.24) is 4.90 Å². The van der Waals surface area contributed by atoms with Gasteiger partial charge in [-0.25, -0.2) is 0 Å². The minimum atomic E-state index is -0.335. The van der Waals surface area contributed by atoms with Crippen LogP contribution in [-0.2, 0) is 20.9 Å². The second kappa shape index (κ2) is 8.12. The van der Waals surface area contributed by atoms with Crippen molar-refractivity contribution >= 4 is 5.91 Å². The van der Waals surface area contributed by atoms with E-state index in [0.29, 0.717) is 26.3 Å². The fourth-order valence-corrected chi connectivity index (χ4v) is 2.38. The van der Waals surface area contributed by atoms with Gasteiger partial charge in [0, 0.05) is 20.1 Å². The van der Waals surface area contributed by atoms with Gasteiger partial charge in [0.15, 0.2) is 0 Å². The van der Waals surface area contributed by atoms with E-state index in [1.807, 2.05) is 30.3 Å². The van der Waals surface area contributed by atoms with Gasteiger partial charge in [-0.1, -0.05) is 30.3 Å². The van der Waals surface area contributed by atoms with Gasteiger partial charge in [-0.05, 0) is 18.4 Å². The zero-order valence-electron chi connectivity index (χ0n) is 12.5. The molecule has 1 aromatic rings. The van der Waals surface area contributed by atoms with Gasteiger partial charge in [0.05, 0.1) is 19.3 Å². The summed E-state index contributed by atoms with van der Waals surface area (Å²) in [5.74, 6) is 0.0225. The number of likely N-dealkylation sites (N-methyl/N-ethyl adjacent to an activating group) is 1. The molecule has 2 N–H and O–H groups in total. The Labute approximate surface area is 126 Å². The first kappa shape index (κ1) is 15.9. The number of benzene rings is 1. The maximum atomic E-state index is 12.2. The minimum absolute atomic E-state index is 0.0225. The Morgan fingerprint density at radius 2 is 2.14 bits per heavy atom. The Morgan fingerprint density at radius 3 is 2.81 bits per heavy atom. The fourth-order valence-electron chi connectivity index (χ4n) is 2.38. The average molecular weight is 292 g/mol. The summed E-state index contributed by atoms with van der Waals surface area (Å²) in [5, 5.41) is 0. The van der Waals surface area contributed by atoms with Crippen LogP contribution in [0.5, 0.6) is 0 Å². The maximum Gasteiger partial charge on any atom is 0.251 e. The molecule has 0 aliphatic carbocycles. The average Bonchev–Trinajstić information content (AvgIpc) is 3.00. The molecule has 1 heterocycles. The van der Waals surface area contributed by atoms with Crippen molar-refractivity contribution in [2.75, 3.05) is 26.7 Å². The second-order valence-electron chi connectivity index (χ2n) is 5.36. The summed E-state index contributed by atoms with van der Waals surface area (Å²) in [6.07, 6.45) is 1.32. The van der Waals surface area contributed by atoms with E-state index in [4.69, 9.17) is 15.2 Å². The highest BCUT2D eigenvalue weighted by Crippen LogP contribution is 2.20. The van der Waals surface area contributed by atoms with Crippen molar-refractivity contribution in [3.05, 3.63) is 35.9 Å². The van der Waals surface area contributed by atoms with Crippen molar-refractivity contribution in [2.24, 2.45) is 5.73 Å². The number of rotatable bonds is 7. The van der Waals surface area contributed by atoms with E-state index in [-0.39, 0.29) is 18.1 Å². The Balaban J connectivity index is 1.65. The van der Waals surface area contributed by atoms with Crippen molar-refractivity contribution in [1.29, 1.82) is 0 Å². The molecular weight excluding hydrogens is 268 g/mol. The summed E-state index contributed by atoms with van der Waals surface area (Å²) in [4.78, 5) is 13.9. The molecule has 0 saturated carbocycles. The quantitative estimate of drug-likeness (QED) is 0.766. The van der Waals surface area contributed by atoms with Gasteiger partial charge < -0.3 is 20.1 Å². The van der Waals surface area contributed by atoms with Gasteiger partial charge in [-0.2, -0.15) is 0 Å². The third-order valence-corrected chi connectivity index (χ3v) is 3.70. The molecule has 0 radical (unpaired) electrons. The Hall–Kier alpha value is -1.43. The minimum Gasteiger partial charge on any atom is -0.375 e. The van der Waals surface area contributed by atoms with Crippen LogP contribution in [0.25, 0.3) is 0 Å². The molecule has 5 heteroatoms. The number of carbonyl (C=O) groups excluding carboxylic acids is 1. The molecular formula is C16H24N2O3. The van der Waals surface area contributed by atoms with Crippen molar-refractivity contribution in [3.8, 4) is 0 Å². The maximum absolute atomic E-state index is 12.2. The zero-order valence-corrected chi connectivity index (χ0v) is 12.5. The van der Waals surface area contributed by atoms with E-state index < -0.39 is 0 Å². The molecule has 21 heavy (non-hydrogen) atoms. The third-order valence-electron chi connectivity index (χ3n) is 3.70. The molecule has 2 rings (SSSR count). The van der Waals surface area contributed by atoms with E-state index >= 15 is 0 Å². The first-order valence-corrected chi connectivity index (χ1v) is 7.43. The first-order chi connectivity index (χ1) is 10.2. The van der Waals surface area contributed by atoms with Crippen LogP contribution in [0.1, 0.15) is 18.4 Å². The topological polar surface area (TPSA) is 64.8 Å². The number of nitrogens with zero attached hydrogens (tertiary/aromatic N) is 1. The van der Waals surface area contributed by atoms with Crippen LogP contribution in [0, 0.1) is 0 Å². The van der Waals surface area contributed by atoms with E-state index in [2.05, 4.69) is 0 Å². The smallest absolute Gasteiger partial charge is 0.251 e. The summed E-state index contributed by atoms with van der Waals surface area (Å²) >= 11 is 0. The Bertz CT molecular complexity index is 438. The number of ether oxygens (including phenoxy) is 2. The molecule has 2 atom stereocenters. The Morgan fingerprint density at radius 1 is 1.38 bits per heavy atom. The number of amides is 1. The van der Waals surface area contributed by atoms with Gasteiger partial charge in [0.1, 0.15) is 6.10 Å². The first-order valence-electron chi connectivity index (χ1n) is 7.43. The highest BCUT2D eigenvalue weighted by molar-refractivity contribution is 5.80. The highest BCUT2D eigenvalue weighted by Gasteiger charge is 2.31. The zero-order chi connectivity index (χ0) is 15.1. The largest absolute Gasteiger partial charge is 0.375 e. The number of hydrogen-bond donors (Lipinski definition) is 1. The normalized spacial score (nSPS) is 21.4. The molecule has 1 aromatic carbocycles. The Kier molecular flexibility index (Phi) is 6.17. The molecule has 0 aromatic heterocycles. The molecule has 5 nitrogen and oxygen atoms in total. The van der Waals surface area contributed by atoms with Crippen LogP contribution < -0.4 is 5.73 Å². The van der Waals surface area contributed by atoms with Crippen molar-refractivity contribution in [2.45, 2.75) is 31.7 Å². The van der Waals surface area contributed by atoms with Crippen LogP contribution in [0.15, 0.2) is 30.3 Å². The molecule has 0 spiro atoms. The predicted octanol–water partition coefficient (Wildman–Crippen LogP) is 1.17. The van der Waals surface area contributed by atoms with Crippen LogP contribution in [-0.4, -0.2) is 49.8 Å². The standard InChI is InChI=1S/C16H24N2O3/c1-18(16(19)15-8-7-14(11-17)21-15)9-10-20-12-13-5-3-2-4-6-13/h2-6,14-15H,7-12,17H2,1H3/t14-,15+/m1/s1. The van der Waals surface area contributed by atoms with Crippen molar-refractivity contribution < 1.29 is 14.3 Å². The summed E-state index contributed by atoms with van der Waals surface area (Å²) < 4.78 is 11.2. The lowest BCUT2D eigenvalue weighted by atomic mass is 10.2. The van der Waals surface area contributed by atoms with Crippen molar-refractivity contribution in [3.63, 3.8) is 0 Å². The number of hydrogen-bond acceptors (Lipinski definition) is 4. The van der Waals surface area contributed by atoms with E-state index in [1.165, 1.54) is 0 Å². The van der Waals surface area contributed by atoms with Crippen LogP contribution >= 0.6 is 0 Å². The van der Waals surface area contributed by atoms with Gasteiger partial charge in [0.25, 0.3) is 5.91 Å². The van der Waals surface area contributed by atoms with E-state index in [0.717, 1.165) is 18.4 Å². The second-order valence-corrected chi connectivity index (χ2v) is 5.36. The summed E-state index contributed by atoms with van der Waals surface area (Å²) in [6, 6.07) is 9.99. The lowest BCUT2D eigenvalue weighted by Crippen LogP contribution is -2.38. The third kappa shape index (κ3) is 4.81. The number of nitrogens with two attached hydrogens (primary N) is 1. The summed E-state index contributed by atoms with van der Waals surface area (Å²) in [5.41, 5.74) is 6.69. The SMILES string of the molecule is CN(CCOCc1ccccc1)C(=O)[C@@H]1CC[C@H](CN)O1. The molecule has 1 amide bonds. The molecule has 116 valence electrons. The fraction of sp³-hybridized carbons (Fsp3) is 0.562. The molecule has 0 bridgehead atoms. The lowest BCUT2D eigenvalue weighted by Gasteiger charge is -2.21. The highest BCUT2D eigenvalue weighted by atomic mass is 16.5. The lowest BCUT2D eigenvalue weighted by molar-refractivity contribution is -0.142. The summed E-state index contributed by atoms with van der Waals surface area (Å²) in [7, 11) is 1.79. The number of carbonyl (C=O) groups is 1. The van der Waals surface area contributed by atoms with Gasteiger partial charge in [-0.15, -0.1) is 0 Å². The summed E-state index contributed by atoms with van der Waals surface area (Å²) in [6.45, 7) is 2.13. The molecule has 1 fully saturated rings. The molecule has 1 aliphatic rings. The van der Waals surface area contributed by atoms with E-state index in [1.54, 1.807) is 11.9 Å². The van der Waals surface area contributed by atoms with Gasteiger partial charge >= 0.3 is 0 Å². The molecule has 1 saturated heterocycles. The monoisotopic (exact) mass is 292 g/mol. The molecule has 0 unspecified atom stereocenters. The van der Waals surface area contributed by atoms with Crippen LogP contribution in [0.2, 0.25) is 0 Å². The molecule has 1 aliphatic heterocycles. The van der Waals surface area contributed by atoms with Gasteiger partial charge in [-0.3, -0.25) is 4.79 Å². The van der Waals surface area contributed by atoms with Crippen LogP contribution in [0.4, 0.5) is 0 Å².